The van der Waals surface area contributed by atoms with Crippen molar-refractivity contribution in [3.8, 4) is 11.1 Å². The van der Waals surface area contributed by atoms with Crippen molar-refractivity contribution in [3.63, 3.8) is 0 Å². The summed E-state index contributed by atoms with van der Waals surface area (Å²) in [5.74, 6) is -1.12. The maximum Gasteiger partial charge on any atom is 0.416 e. The summed E-state index contributed by atoms with van der Waals surface area (Å²) in [5, 5.41) is 8.81. The molecule has 20 heavy (non-hydrogen) atoms. The van der Waals surface area contributed by atoms with E-state index in [2.05, 4.69) is 0 Å². The van der Waals surface area contributed by atoms with E-state index >= 15 is 0 Å². The predicted octanol–water partition coefficient (Wildman–Crippen LogP) is 4.72. The molecule has 0 aliphatic carbocycles. The zero-order valence-electron chi connectivity index (χ0n) is 9.91. The molecule has 0 aromatic heterocycles. The van der Waals surface area contributed by atoms with Gasteiger partial charge in [0.05, 0.1) is 11.1 Å². The standard InChI is InChI=1S/C14H8ClF3O2/c15-12-7-10(14(16,17)18)4-5-11(12)8-2-1-3-9(6-8)13(19)20/h1-7H,(H,19,20). The van der Waals surface area contributed by atoms with E-state index in [1.165, 1.54) is 24.3 Å². The first kappa shape index (κ1) is 14.4. The molecule has 0 amide bonds. The smallest absolute Gasteiger partial charge is 0.416 e. The molecule has 0 spiro atoms. The summed E-state index contributed by atoms with van der Waals surface area (Å²) in [6.07, 6.45) is -4.47. The Balaban J connectivity index is 2.49. The topological polar surface area (TPSA) is 37.3 Å². The normalized spacial score (nSPS) is 11.4. The summed E-state index contributed by atoms with van der Waals surface area (Å²) in [6.45, 7) is 0. The van der Waals surface area contributed by atoms with E-state index in [1.807, 2.05) is 0 Å². The number of benzene rings is 2. The molecule has 1 N–H and O–H groups in total. The second-order valence-corrected chi connectivity index (χ2v) is 4.49. The van der Waals surface area contributed by atoms with Crippen LogP contribution in [-0.4, -0.2) is 11.1 Å². The highest BCUT2D eigenvalue weighted by molar-refractivity contribution is 6.33. The number of hydrogen-bond acceptors (Lipinski definition) is 1. The Hall–Kier alpha value is -2.01. The van der Waals surface area contributed by atoms with E-state index < -0.39 is 17.7 Å². The maximum atomic E-state index is 12.5. The lowest BCUT2D eigenvalue weighted by atomic mass is 10.0. The molecule has 0 aliphatic rings. The van der Waals surface area contributed by atoms with E-state index in [0.29, 0.717) is 11.1 Å². The fourth-order valence-corrected chi connectivity index (χ4v) is 2.03. The average molecular weight is 301 g/mol. The van der Waals surface area contributed by atoms with Crippen LogP contribution in [-0.2, 0) is 6.18 Å². The Morgan fingerprint density at radius 3 is 2.35 bits per heavy atom. The van der Waals surface area contributed by atoms with Crippen LogP contribution in [0, 0.1) is 0 Å². The molecular weight excluding hydrogens is 293 g/mol. The molecule has 0 atom stereocenters. The van der Waals surface area contributed by atoms with Gasteiger partial charge in [-0.05, 0) is 29.8 Å². The van der Waals surface area contributed by atoms with Crippen LogP contribution >= 0.6 is 11.6 Å². The molecule has 0 radical (unpaired) electrons. The molecular formula is C14H8ClF3O2. The van der Waals surface area contributed by atoms with E-state index in [0.717, 1.165) is 12.1 Å². The molecule has 0 aliphatic heterocycles. The van der Waals surface area contributed by atoms with Crippen molar-refractivity contribution in [2.45, 2.75) is 6.18 Å². The quantitative estimate of drug-likeness (QED) is 0.871. The second kappa shape index (κ2) is 5.17. The van der Waals surface area contributed by atoms with Crippen LogP contribution in [0.5, 0.6) is 0 Å². The monoisotopic (exact) mass is 300 g/mol. The van der Waals surface area contributed by atoms with Gasteiger partial charge >= 0.3 is 12.1 Å². The van der Waals surface area contributed by atoms with Gasteiger partial charge in [0.2, 0.25) is 0 Å². The summed E-state index contributed by atoms with van der Waals surface area (Å²) in [5.41, 5.74) is -0.00880. The Bertz CT molecular complexity index is 666. The van der Waals surface area contributed by atoms with Crippen molar-refractivity contribution in [2.24, 2.45) is 0 Å². The first-order valence-electron chi connectivity index (χ1n) is 5.49. The van der Waals surface area contributed by atoms with Crippen LogP contribution in [0.3, 0.4) is 0 Å². The van der Waals surface area contributed by atoms with Crippen LogP contribution < -0.4 is 0 Å². The zero-order valence-corrected chi connectivity index (χ0v) is 10.7. The highest BCUT2D eigenvalue weighted by Gasteiger charge is 2.30. The molecule has 2 rings (SSSR count). The van der Waals surface area contributed by atoms with Gasteiger partial charge in [-0.1, -0.05) is 29.8 Å². The summed E-state index contributed by atoms with van der Waals surface area (Å²) < 4.78 is 37.6. The maximum absolute atomic E-state index is 12.5. The van der Waals surface area contributed by atoms with E-state index in [9.17, 15) is 18.0 Å². The Labute approximate surface area is 117 Å². The van der Waals surface area contributed by atoms with Gasteiger partial charge in [0, 0.05) is 10.6 Å². The van der Waals surface area contributed by atoms with Crippen molar-refractivity contribution in [1.29, 1.82) is 0 Å². The lowest BCUT2D eigenvalue weighted by Crippen LogP contribution is -2.04. The average Bonchev–Trinajstić information content (AvgIpc) is 2.37. The number of hydrogen-bond donors (Lipinski definition) is 1. The minimum absolute atomic E-state index is 0.0402. The van der Waals surface area contributed by atoms with E-state index in [-0.39, 0.29) is 10.6 Å². The molecule has 0 bridgehead atoms. The summed E-state index contributed by atoms with van der Waals surface area (Å²) in [7, 11) is 0. The van der Waals surface area contributed by atoms with Gasteiger partial charge in [-0.3, -0.25) is 0 Å². The summed E-state index contributed by atoms with van der Waals surface area (Å²) >= 11 is 5.85. The fraction of sp³-hybridized carbons (Fsp3) is 0.0714. The van der Waals surface area contributed by atoms with Crippen molar-refractivity contribution in [2.75, 3.05) is 0 Å². The first-order valence-corrected chi connectivity index (χ1v) is 5.87. The predicted molar refractivity (Wildman–Crippen MR) is 68.8 cm³/mol. The van der Waals surface area contributed by atoms with Crippen LogP contribution in [0.4, 0.5) is 13.2 Å². The number of alkyl halides is 3. The molecule has 2 aromatic carbocycles. The largest absolute Gasteiger partial charge is 0.478 e. The SMILES string of the molecule is O=C(O)c1cccc(-c2ccc(C(F)(F)F)cc2Cl)c1. The van der Waals surface area contributed by atoms with Crippen LogP contribution in [0.15, 0.2) is 42.5 Å². The molecule has 0 fully saturated rings. The third kappa shape index (κ3) is 2.93. The van der Waals surface area contributed by atoms with Crippen LogP contribution in [0.2, 0.25) is 5.02 Å². The first-order chi connectivity index (χ1) is 9.29. The molecule has 2 aromatic rings. The molecule has 0 heterocycles. The number of carboxylic acids is 1. The van der Waals surface area contributed by atoms with E-state index in [1.54, 1.807) is 6.07 Å². The van der Waals surface area contributed by atoms with Crippen LogP contribution in [0.25, 0.3) is 11.1 Å². The molecule has 0 saturated carbocycles. The van der Waals surface area contributed by atoms with Crippen molar-refractivity contribution in [1.82, 2.24) is 0 Å². The number of carboxylic acid groups (broad SMARTS) is 1. The van der Waals surface area contributed by atoms with Gasteiger partial charge in [-0.2, -0.15) is 13.2 Å². The molecule has 104 valence electrons. The number of rotatable bonds is 2. The van der Waals surface area contributed by atoms with Crippen molar-refractivity contribution in [3.05, 3.63) is 58.6 Å². The van der Waals surface area contributed by atoms with Gasteiger partial charge in [-0.15, -0.1) is 0 Å². The third-order valence-electron chi connectivity index (χ3n) is 2.72. The second-order valence-electron chi connectivity index (χ2n) is 4.08. The summed E-state index contributed by atoms with van der Waals surface area (Å²) in [6, 6.07) is 8.80. The van der Waals surface area contributed by atoms with E-state index in [4.69, 9.17) is 16.7 Å². The molecule has 0 unspecified atom stereocenters. The number of halogens is 4. The van der Waals surface area contributed by atoms with Crippen molar-refractivity contribution < 1.29 is 23.1 Å². The number of carbonyl (C=O) groups is 1. The molecule has 0 saturated heterocycles. The van der Waals surface area contributed by atoms with Gasteiger partial charge in [-0.25, -0.2) is 4.79 Å². The van der Waals surface area contributed by atoms with Crippen molar-refractivity contribution >= 4 is 17.6 Å². The minimum atomic E-state index is -4.47. The highest BCUT2D eigenvalue weighted by atomic mass is 35.5. The number of aromatic carboxylic acids is 1. The Morgan fingerprint density at radius 1 is 1.10 bits per heavy atom. The highest BCUT2D eigenvalue weighted by Crippen LogP contribution is 2.35. The third-order valence-corrected chi connectivity index (χ3v) is 3.03. The van der Waals surface area contributed by atoms with Gasteiger partial charge < -0.3 is 5.11 Å². The van der Waals surface area contributed by atoms with Gasteiger partial charge in [0.15, 0.2) is 0 Å². The fourth-order valence-electron chi connectivity index (χ4n) is 1.75. The summed E-state index contributed by atoms with van der Waals surface area (Å²) in [4.78, 5) is 10.9. The Morgan fingerprint density at radius 2 is 1.80 bits per heavy atom. The van der Waals surface area contributed by atoms with Crippen LogP contribution in [0.1, 0.15) is 15.9 Å². The lowest BCUT2D eigenvalue weighted by Gasteiger charge is -2.10. The Kier molecular flexibility index (Phi) is 3.72. The van der Waals surface area contributed by atoms with Gasteiger partial charge in [0.1, 0.15) is 0 Å². The minimum Gasteiger partial charge on any atom is -0.478 e. The molecule has 2 nitrogen and oxygen atoms in total. The lowest BCUT2D eigenvalue weighted by molar-refractivity contribution is -0.137. The molecule has 6 heteroatoms. The zero-order chi connectivity index (χ0) is 14.9. The van der Waals surface area contributed by atoms with Gasteiger partial charge in [0.25, 0.3) is 0 Å².